The predicted octanol–water partition coefficient (Wildman–Crippen LogP) is 2.51. The summed E-state index contributed by atoms with van der Waals surface area (Å²) in [6.45, 7) is 0.728. The number of halogens is 1. The SMILES string of the molecule is O=C(O)C1CCNc2ccc(Br)cc2C1. The van der Waals surface area contributed by atoms with Crippen LogP contribution in [-0.2, 0) is 11.2 Å². The van der Waals surface area contributed by atoms with Gasteiger partial charge in [-0.2, -0.15) is 0 Å². The Labute approximate surface area is 96.6 Å². The first kappa shape index (κ1) is 10.5. The molecule has 0 radical (unpaired) electrons. The van der Waals surface area contributed by atoms with Crippen LogP contribution in [0.5, 0.6) is 0 Å². The zero-order chi connectivity index (χ0) is 10.8. The van der Waals surface area contributed by atoms with Crippen molar-refractivity contribution in [3.8, 4) is 0 Å². The molecule has 2 rings (SSSR count). The lowest BCUT2D eigenvalue weighted by Gasteiger charge is -2.08. The van der Waals surface area contributed by atoms with Gasteiger partial charge in [-0.15, -0.1) is 0 Å². The van der Waals surface area contributed by atoms with Gasteiger partial charge in [-0.1, -0.05) is 15.9 Å². The Hall–Kier alpha value is -1.03. The van der Waals surface area contributed by atoms with Crippen molar-refractivity contribution in [2.45, 2.75) is 12.8 Å². The van der Waals surface area contributed by atoms with Gasteiger partial charge in [0.15, 0.2) is 0 Å². The van der Waals surface area contributed by atoms with E-state index in [-0.39, 0.29) is 5.92 Å². The number of hydrogen-bond acceptors (Lipinski definition) is 2. The smallest absolute Gasteiger partial charge is 0.306 e. The molecule has 1 aliphatic heterocycles. The number of anilines is 1. The standard InChI is InChI=1S/C11H12BrNO2/c12-9-1-2-10-8(6-9)5-7(11(14)15)3-4-13-10/h1-2,6-7,13H,3-5H2,(H,14,15). The monoisotopic (exact) mass is 269 g/mol. The van der Waals surface area contributed by atoms with Crippen LogP contribution in [0.25, 0.3) is 0 Å². The molecule has 1 aromatic rings. The summed E-state index contributed by atoms with van der Waals surface area (Å²) >= 11 is 3.40. The van der Waals surface area contributed by atoms with Gasteiger partial charge in [0.25, 0.3) is 0 Å². The maximum Gasteiger partial charge on any atom is 0.306 e. The van der Waals surface area contributed by atoms with Crippen molar-refractivity contribution in [3.05, 3.63) is 28.2 Å². The molecule has 0 aliphatic carbocycles. The molecule has 0 spiro atoms. The van der Waals surface area contributed by atoms with Crippen LogP contribution in [0.4, 0.5) is 5.69 Å². The van der Waals surface area contributed by atoms with E-state index in [2.05, 4.69) is 21.2 Å². The Morgan fingerprint density at radius 2 is 2.33 bits per heavy atom. The van der Waals surface area contributed by atoms with Crippen LogP contribution in [0.2, 0.25) is 0 Å². The predicted molar refractivity (Wildman–Crippen MR) is 62.1 cm³/mol. The Kier molecular flexibility index (Phi) is 2.95. The van der Waals surface area contributed by atoms with Crippen molar-refractivity contribution >= 4 is 27.6 Å². The first-order valence-corrected chi connectivity index (χ1v) is 5.71. The van der Waals surface area contributed by atoms with E-state index in [1.54, 1.807) is 0 Å². The van der Waals surface area contributed by atoms with E-state index >= 15 is 0 Å². The number of carbonyl (C=O) groups is 1. The number of hydrogen-bond donors (Lipinski definition) is 2. The lowest BCUT2D eigenvalue weighted by atomic mass is 9.97. The largest absolute Gasteiger partial charge is 0.481 e. The van der Waals surface area contributed by atoms with Crippen molar-refractivity contribution in [2.24, 2.45) is 5.92 Å². The van der Waals surface area contributed by atoms with Crippen molar-refractivity contribution in [1.29, 1.82) is 0 Å². The van der Waals surface area contributed by atoms with Gasteiger partial charge in [-0.05, 0) is 36.6 Å². The third kappa shape index (κ3) is 2.31. The Bertz CT molecular complexity index is 392. The normalized spacial score (nSPS) is 19.9. The molecule has 1 aliphatic rings. The molecule has 0 amide bonds. The highest BCUT2D eigenvalue weighted by Crippen LogP contribution is 2.27. The van der Waals surface area contributed by atoms with Gasteiger partial charge in [0.2, 0.25) is 0 Å². The highest BCUT2D eigenvalue weighted by Gasteiger charge is 2.22. The highest BCUT2D eigenvalue weighted by molar-refractivity contribution is 9.10. The summed E-state index contributed by atoms with van der Waals surface area (Å²) in [6, 6.07) is 5.94. The van der Waals surface area contributed by atoms with Crippen molar-refractivity contribution in [3.63, 3.8) is 0 Å². The van der Waals surface area contributed by atoms with Gasteiger partial charge in [-0.3, -0.25) is 4.79 Å². The van der Waals surface area contributed by atoms with E-state index < -0.39 is 5.97 Å². The van der Waals surface area contributed by atoms with Crippen LogP contribution in [0.15, 0.2) is 22.7 Å². The molecule has 0 saturated carbocycles. The molecule has 1 aromatic carbocycles. The fourth-order valence-corrected chi connectivity index (χ4v) is 2.27. The number of nitrogens with one attached hydrogen (secondary N) is 1. The van der Waals surface area contributed by atoms with Gasteiger partial charge >= 0.3 is 5.97 Å². The number of carboxylic acid groups (broad SMARTS) is 1. The summed E-state index contributed by atoms with van der Waals surface area (Å²) in [7, 11) is 0. The van der Waals surface area contributed by atoms with Crippen LogP contribution in [0, 0.1) is 5.92 Å². The molecule has 0 fully saturated rings. The lowest BCUT2D eigenvalue weighted by molar-refractivity contribution is -0.141. The third-order valence-electron chi connectivity index (χ3n) is 2.69. The molecular weight excluding hydrogens is 258 g/mol. The lowest BCUT2D eigenvalue weighted by Crippen LogP contribution is -2.16. The second kappa shape index (κ2) is 4.23. The Morgan fingerprint density at radius 1 is 1.53 bits per heavy atom. The van der Waals surface area contributed by atoms with E-state index in [0.29, 0.717) is 12.8 Å². The molecular formula is C11H12BrNO2. The minimum absolute atomic E-state index is 0.270. The molecule has 4 heteroatoms. The fourth-order valence-electron chi connectivity index (χ4n) is 1.86. The first-order chi connectivity index (χ1) is 7.16. The van der Waals surface area contributed by atoms with Gasteiger partial charge in [0, 0.05) is 16.7 Å². The maximum atomic E-state index is 11.0. The third-order valence-corrected chi connectivity index (χ3v) is 3.18. The number of aliphatic carboxylic acids is 1. The van der Waals surface area contributed by atoms with Crippen molar-refractivity contribution < 1.29 is 9.90 Å². The van der Waals surface area contributed by atoms with Crippen LogP contribution >= 0.6 is 15.9 Å². The van der Waals surface area contributed by atoms with E-state index in [1.807, 2.05) is 18.2 Å². The molecule has 1 atom stereocenters. The summed E-state index contributed by atoms with van der Waals surface area (Å²) in [5.74, 6) is -0.974. The molecule has 2 N–H and O–H groups in total. The first-order valence-electron chi connectivity index (χ1n) is 4.92. The van der Waals surface area contributed by atoms with Crippen LogP contribution < -0.4 is 5.32 Å². The number of rotatable bonds is 1. The number of benzene rings is 1. The molecule has 0 saturated heterocycles. The second-order valence-corrected chi connectivity index (χ2v) is 4.67. The van der Waals surface area contributed by atoms with Crippen molar-refractivity contribution in [2.75, 3.05) is 11.9 Å². The Balaban J connectivity index is 2.31. The summed E-state index contributed by atoms with van der Waals surface area (Å²) in [4.78, 5) is 11.0. The zero-order valence-corrected chi connectivity index (χ0v) is 9.75. The minimum atomic E-state index is -0.704. The maximum absolute atomic E-state index is 11.0. The summed E-state index contributed by atoms with van der Waals surface area (Å²) in [5, 5.41) is 12.3. The molecule has 80 valence electrons. The van der Waals surface area contributed by atoms with Crippen LogP contribution in [-0.4, -0.2) is 17.6 Å². The van der Waals surface area contributed by atoms with E-state index in [0.717, 1.165) is 22.3 Å². The molecule has 3 nitrogen and oxygen atoms in total. The average molecular weight is 270 g/mol. The average Bonchev–Trinajstić information content (AvgIpc) is 2.39. The molecule has 15 heavy (non-hydrogen) atoms. The highest BCUT2D eigenvalue weighted by atomic mass is 79.9. The molecule has 1 unspecified atom stereocenters. The minimum Gasteiger partial charge on any atom is -0.481 e. The van der Waals surface area contributed by atoms with Crippen LogP contribution in [0.3, 0.4) is 0 Å². The summed E-state index contributed by atoms with van der Waals surface area (Å²) in [5.41, 5.74) is 2.14. The summed E-state index contributed by atoms with van der Waals surface area (Å²) < 4.78 is 0.995. The Morgan fingerprint density at radius 3 is 3.07 bits per heavy atom. The number of carboxylic acids is 1. The van der Waals surface area contributed by atoms with Crippen LogP contribution in [0.1, 0.15) is 12.0 Å². The van der Waals surface area contributed by atoms with Gasteiger partial charge in [-0.25, -0.2) is 0 Å². The van der Waals surface area contributed by atoms with E-state index in [4.69, 9.17) is 5.11 Å². The van der Waals surface area contributed by atoms with E-state index in [9.17, 15) is 4.79 Å². The molecule has 1 heterocycles. The quantitative estimate of drug-likeness (QED) is 0.824. The van der Waals surface area contributed by atoms with Gasteiger partial charge in [0.1, 0.15) is 0 Å². The topological polar surface area (TPSA) is 49.3 Å². The molecule has 0 aromatic heterocycles. The van der Waals surface area contributed by atoms with Gasteiger partial charge < -0.3 is 10.4 Å². The summed E-state index contributed by atoms with van der Waals surface area (Å²) in [6.07, 6.45) is 1.29. The molecule has 0 bridgehead atoms. The zero-order valence-electron chi connectivity index (χ0n) is 8.16. The number of fused-ring (bicyclic) bond motifs is 1. The second-order valence-electron chi connectivity index (χ2n) is 3.76. The van der Waals surface area contributed by atoms with E-state index in [1.165, 1.54) is 0 Å². The fraction of sp³-hybridized carbons (Fsp3) is 0.364. The van der Waals surface area contributed by atoms with Gasteiger partial charge in [0.05, 0.1) is 5.92 Å². The van der Waals surface area contributed by atoms with Crippen molar-refractivity contribution in [1.82, 2.24) is 0 Å².